The molecule has 2 aliphatic rings. The molecule has 0 radical (unpaired) electrons. The molecule has 3 unspecified atom stereocenters. The van der Waals surface area contributed by atoms with E-state index in [0.717, 1.165) is 43.4 Å². The summed E-state index contributed by atoms with van der Waals surface area (Å²) in [7, 11) is 0. The molecule has 134 valence electrons. The Morgan fingerprint density at radius 2 is 2.29 bits per heavy atom. The highest BCUT2D eigenvalue weighted by Gasteiger charge is 2.39. The zero-order valence-electron chi connectivity index (χ0n) is 14.3. The average molecular weight is 464 g/mol. The summed E-state index contributed by atoms with van der Waals surface area (Å²) < 4.78 is 5.82. The monoisotopic (exact) mass is 463 g/mol. The lowest BCUT2D eigenvalue weighted by Gasteiger charge is -2.21. The standard InChI is InChI=1S/C18H26ClN3O.HI/c1-3-20-17(21-12-18(2)8-5-9-23-18)22-16-11-15(16)13-6-4-7-14(19)10-13;/h4,6-7,10,15-16H,3,5,8-9,11-12H2,1-2H3,(H2,20,21,22);1H. The van der Waals surface area contributed by atoms with Crippen LogP contribution in [0.2, 0.25) is 5.02 Å². The van der Waals surface area contributed by atoms with Gasteiger partial charge in [-0.25, -0.2) is 0 Å². The van der Waals surface area contributed by atoms with Gasteiger partial charge in [0, 0.05) is 30.1 Å². The number of halogens is 2. The number of rotatable bonds is 5. The van der Waals surface area contributed by atoms with Gasteiger partial charge in [-0.15, -0.1) is 24.0 Å². The number of aliphatic imine (C=N–C) groups is 1. The van der Waals surface area contributed by atoms with Gasteiger partial charge in [-0.3, -0.25) is 4.99 Å². The third-order valence-corrected chi connectivity index (χ3v) is 4.84. The van der Waals surface area contributed by atoms with Crippen LogP contribution in [0.4, 0.5) is 0 Å². The van der Waals surface area contributed by atoms with E-state index in [9.17, 15) is 0 Å². The molecule has 0 amide bonds. The van der Waals surface area contributed by atoms with Crippen molar-refractivity contribution < 1.29 is 4.74 Å². The highest BCUT2D eigenvalue weighted by atomic mass is 127. The van der Waals surface area contributed by atoms with Crippen LogP contribution in [0.3, 0.4) is 0 Å². The molecule has 1 saturated heterocycles. The smallest absolute Gasteiger partial charge is 0.191 e. The van der Waals surface area contributed by atoms with Crippen molar-refractivity contribution in [2.45, 2.75) is 50.7 Å². The Kier molecular flexibility index (Phi) is 7.19. The summed E-state index contributed by atoms with van der Waals surface area (Å²) in [6.45, 7) is 6.66. The number of hydrogen-bond acceptors (Lipinski definition) is 2. The summed E-state index contributed by atoms with van der Waals surface area (Å²) in [5.41, 5.74) is 1.20. The first-order valence-electron chi connectivity index (χ1n) is 8.54. The maximum atomic E-state index is 6.09. The molecule has 1 aliphatic carbocycles. The minimum atomic E-state index is -0.0989. The van der Waals surface area contributed by atoms with Gasteiger partial charge in [-0.05, 0) is 50.8 Å². The van der Waals surface area contributed by atoms with Crippen molar-refractivity contribution >= 4 is 41.5 Å². The summed E-state index contributed by atoms with van der Waals surface area (Å²) in [4.78, 5) is 4.74. The van der Waals surface area contributed by atoms with Crippen molar-refractivity contribution in [2.24, 2.45) is 4.99 Å². The molecule has 3 rings (SSSR count). The fourth-order valence-corrected chi connectivity index (χ4v) is 3.36. The topological polar surface area (TPSA) is 45.7 Å². The van der Waals surface area contributed by atoms with Crippen LogP contribution in [0.15, 0.2) is 29.3 Å². The highest BCUT2D eigenvalue weighted by Crippen LogP contribution is 2.41. The maximum absolute atomic E-state index is 6.09. The van der Waals surface area contributed by atoms with Gasteiger partial charge in [0.25, 0.3) is 0 Å². The summed E-state index contributed by atoms with van der Waals surface area (Å²) >= 11 is 6.09. The molecule has 24 heavy (non-hydrogen) atoms. The quantitative estimate of drug-likeness (QED) is 0.395. The summed E-state index contributed by atoms with van der Waals surface area (Å²) in [5, 5.41) is 7.68. The lowest BCUT2D eigenvalue weighted by atomic mass is 10.0. The van der Waals surface area contributed by atoms with E-state index in [-0.39, 0.29) is 29.6 Å². The van der Waals surface area contributed by atoms with Gasteiger partial charge in [0.1, 0.15) is 0 Å². The molecule has 0 aromatic heterocycles. The lowest BCUT2D eigenvalue weighted by Crippen LogP contribution is -2.40. The number of guanidine groups is 1. The first kappa shape index (κ1) is 19.8. The zero-order valence-corrected chi connectivity index (χ0v) is 17.4. The minimum absolute atomic E-state index is 0. The van der Waals surface area contributed by atoms with E-state index in [1.165, 1.54) is 5.56 Å². The van der Waals surface area contributed by atoms with Crippen LogP contribution in [-0.4, -0.2) is 37.3 Å². The maximum Gasteiger partial charge on any atom is 0.191 e. The third kappa shape index (κ3) is 5.23. The minimum Gasteiger partial charge on any atom is -0.373 e. The van der Waals surface area contributed by atoms with Crippen molar-refractivity contribution in [3.05, 3.63) is 34.9 Å². The van der Waals surface area contributed by atoms with E-state index < -0.39 is 0 Å². The molecule has 1 aromatic carbocycles. The van der Waals surface area contributed by atoms with Crippen LogP contribution in [0.1, 0.15) is 44.6 Å². The second-order valence-corrected chi connectivity index (χ2v) is 7.18. The van der Waals surface area contributed by atoms with Crippen molar-refractivity contribution in [2.75, 3.05) is 19.7 Å². The fraction of sp³-hybridized carbons (Fsp3) is 0.611. The summed E-state index contributed by atoms with van der Waals surface area (Å²) in [6, 6.07) is 8.58. The number of benzene rings is 1. The predicted molar refractivity (Wildman–Crippen MR) is 111 cm³/mol. The second-order valence-electron chi connectivity index (χ2n) is 6.75. The van der Waals surface area contributed by atoms with E-state index >= 15 is 0 Å². The van der Waals surface area contributed by atoms with Crippen LogP contribution in [0, 0.1) is 0 Å². The van der Waals surface area contributed by atoms with Crippen molar-refractivity contribution in [3.8, 4) is 0 Å². The number of ether oxygens (including phenoxy) is 1. The average Bonchev–Trinajstić information content (AvgIpc) is 3.16. The molecular weight excluding hydrogens is 437 g/mol. The molecule has 2 fully saturated rings. The molecule has 4 nitrogen and oxygen atoms in total. The molecule has 1 aromatic rings. The van der Waals surface area contributed by atoms with Crippen LogP contribution in [0.25, 0.3) is 0 Å². The largest absolute Gasteiger partial charge is 0.373 e. The Morgan fingerprint density at radius 3 is 2.96 bits per heavy atom. The van der Waals surface area contributed by atoms with Crippen LogP contribution >= 0.6 is 35.6 Å². The van der Waals surface area contributed by atoms with Crippen molar-refractivity contribution in [1.82, 2.24) is 10.6 Å². The Morgan fingerprint density at radius 1 is 1.46 bits per heavy atom. The van der Waals surface area contributed by atoms with E-state index in [1.54, 1.807) is 0 Å². The van der Waals surface area contributed by atoms with Gasteiger partial charge in [0.15, 0.2) is 5.96 Å². The van der Waals surface area contributed by atoms with Gasteiger partial charge >= 0.3 is 0 Å². The van der Waals surface area contributed by atoms with Gasteiger partial charge in [0.05, 0.1) is 12.1 Å². The van der Waals surface area contributed by atoms with Gasteiger partial charge in [-0.2, -0.15) is 0 Å². The normalized spacial score (nSPS) is 29.0. The Balaban J connectivity index is 0.00000208. The SMILES string of the molecule is CCNC(=NCC1(C)CCCO1)NC1CC1c1cccc(Cl)c1.I. The van der Waals surface area contributed by atoms with E-state index in [0.29, 0.717) is 18.5 Å². The molecule has 0 spiro atoms. The molecule has 0 bridgehead atoms. The van der Waals surface area contributed by atoms with Gasteiger partial charge in [-0.1, -0.05) is 23.7 Å². The lowest BCUT2D eigenvalue weighted by molar-refractivity contribution is 0.0283. The van der Waals surface area contributed by atoms with Crippen LogP contribution in [-0.2, 0) is 4.74 Å². The van der Waals surface area contributed by atoms with E-state index in [1.807, 2.05) is 12.1 Å². The molecule has 1 saturated carbocycles. The zero-order chi connectivity index (χ0) is 16.3. The van der Waals surface area contributed by atoms with Gasteiger partial charge < -0.3 is 15.4 Å². The number of hydrogen-bond donors (Lipinski definition) is 2. The van der Waals surface area contributed by atoms with Crippen LogP contribution < -0.4 is 10.6 Å². The third-order valence-electron chi connectivity index (χ3n) is 4.61. The Labute approximate surface area is 166 Å². The molecular formula is C18H27ClIN3O. The van der Waals surface area contributed by atoms with Crippen molar-refractivity contribution in [1.29, 1.82) is 0 Å². The van der Waals surface area contributed by atoms with Crippen molar-refractivity contribution in [3.63, 3.8) is 0 Å². The molecule has 1 heterocycles. The van der Waals surface area contributed by atoms with Crippen LogP contribution in [0.5, 0.6) is 0 Å². The number of nitrogens with one attached hydrogen (secondary N) is 2. The second kappa shape index (κ2) is 8.72. The summed E-state index contributed by atoms with van der Waals surface area (Å²) in [6.07, 6.45) is 3.35. The van der Waals surface area contributed by atoms with E-state index in [2.05, 4.69) is 36.6 Å². The first-order valence-corrected chi connectivity index (χ1v) is 8.92. The Bertz CT molecular complexity index is 575. The summed E-state index contributed by atoms with van der Waals surface area (Å²) in [5.74, 6) is 1.41. The first-order chi connectivity index (χ1) is 11.1. The molecule has 6 heteroatoms. The van der Waals surface area contributed by atoms with Gasteiger partial charge in [0.2, 0.25) is 0 Å². The molecule has 1 aliphatic heterocycles. The Hall–Kier alpha value is -0.530. The number of nitrogens with zero attached hydrogens (tertiary/aromatic N) is 1. The predicted octanol–water partition coefficient (Wildman–Crippen LogP) is 3.94. The molecule has 3 atom stereocenters. The highest BCUT2D eigenvalue weighted by molar-refractivity contribution is 14.0. The molecule has 2 N–H and O–H groups in total. The fourth-order valence-electron chi connectivity index (χ4n) is 3.16. The van der Waals surface area contributed by atoms with E-state index in [4.69, 9.17) is 21.3 Å².